The Kier molecular flexibility index (Phi) is 6.10. The lowest BCUT2D eigenvalue weighted by Gasteiger charge is -2.22. The predicted octanol–water partition coefficient (Wildman–Crippen LogP) is 4.77. The van der Waals surface area contributed by atoms with Gasteiger partial charge in [-0.2, -0.15) is 0 Å². The number of hydrogen-bond acceptors (Lipinski definition) is 5. The molecule has 4 rings (SSSR count). The van der Waals surface area contributed by atoms with Crippen LogP contribution >= 0.6 is 11.6 Å². The van der Waals surface area contributed by atoms with Crippen molar-refractivity contribution in [2.45, 2.75) is 39.2 Å². The SMILES string of the molecule is Cc1ccc(NC(=O)OCc2ccc3cc(C4CCC(=O)NC4=O)c(C)nc3c2)cc1Cl. The van der Waals surface area contributed by atoms with Gasteiger partial charge in [0.15, 0.2) is 0 Å². The Labute approximate surface area is 190 Å². The van der Waals surface area contributed by atoms with E-state index in [4.69, 9.17) is 16.3 Å². The van der Waals surface area contributed by atoms with Gasteiger partial charge in [0.1, 0.15) is 6.61 Å². The minimum Gasteiger partial charge on any atom is -0.444 e. The maximum atomic E-state index is 12.2. The Morgan fingerprint density at radius 1 is 1.19 bits per heavy atom. The van der Waals surface area contributed by atoms with Crippen molar-refractivity contribution in [3.05, 3.63) is 69.9 Å². The van der Waals surface area contributed by atoms with Crippen molar-refractivity contribution in [1.82, 2.24) is 10.3 Å². The molecule has 1 aliphatic heterocycles. The molecule has 1 unspecified atom stereocenters. The van der Waals surface area contributed by atoms with Gasteiger partial charge in [-0.15, -0.1) is 0 Å². The largest absolute Gasteiger partial charge is 0.444 e. The van der Waals surface area contributed by atoms with Crippen LogP contribution in [-0.2, 0) is 20.9 Å². The highest BCUT2D eigenvalue weighted by molar-refractivity contribution is 6.31. The van der Waals surface area contributed by atoms with Crippen LogP contribution in [0.3, 0.4) is 0 Å². The van der Waals surface area contributed by atoms with Crippen LogP contribution in [0.5, 0.6) is 0 Å². The number of nitrogens with zero attached hydrogens (tertiary/aromatic N) is 1. The molecule has 2 heterocycles. The van der Waals surface area contributed by atoms with E-state index in [2.05, 4.69) is 15.6 Å². The van der Waals surface area contributed by atoms with Crippen molar-refractivity contribution in [3.63, 3.8) is 0 Å². The molecule has 164 valence electrons. The summed E-state index contributed by atoms with van der Waals surface area (Å²) >= 11 is 6.08. The number of aromatic nitrogens is 1. The molecule has 7 nitrogen and oxygen atoms in total. The summed E-state index contributed by atoms with van der Waals surface area (Å²) < 4.78 is 5.32. The van der Waals surface area contributed by atoms with Crippen LogP contribution in [0.2, 0.25) is 5.02 Å². The molecule has 2 aromatic carbocycles. The molecule has 0 aliphatic carbocycles. The third-order valence-electron chi connectivity index (χ3n) is 5.51. The lowest BCUT2D eigenvalue weighted by molar-refractivity contribution is -0.134. The number of benzene rings is 2. The third-order valence-corrected chi connectivity index (χ3v) is 5.92. The van der Waals surface area contributed by atoms with Crippen molar-refractivity contribution in [1.29, 1.82) is 0 Å². The number of pyridine rings is 1. The number of nitrogens with one attached hydrogen (secondary N) is 2. The highest BCUT2D eigenvalue weighted by atomic mass is 35.5. The van der Waals surface area contributed by atoms with E-state index in [0.717, 1.165) is 33.3 Å². The van der Waals surface area contributed by atoms with Crippen molar-refractivity contribution in [2.24, 2.45) is 0 Å². The third kappa shape index (κ3) is 4.73. The molecule has 1 saturated heterocycles. The van der Waals surface area contributed by atoms with Gasteiger partial charge in [0.05, 0.1) is 11.4 Å². The topological polar surface area (TPSA) is 97.4 Å². The summed E-state index contributed by atoms with van der Waals surface area (Å²) in [4.78, 5) is 40.4. The monoisotopic (exact) mass is 451 g/mol. The summed E-state index contributed by atoms with van der Waals surface area (Å²) in [5, 5.41) is 6.49. The second-order valence-corrected chi connectivity index (χ2v) is 8.27. The van der Waals surface area contributed by atoms with E-state index in [9.17, 15) is 14.4 Å². The zero-order valence-corrected chi connectivity index (χ0v) is 18.5. The molecular formula is C24H22ClN3O4. The van der Waals surface area contributed by atoms with Crippen LogP contribution < -0.4 is 10.6 Å². The second-order valence-electron chi connectivity index (χ2n) is 7.86. The van der Waals surface area contributed by atoms with E-state index in [1.165, 1.54) is 0 Å². The maximum absolute atomic E-state index is 12.2. The second kappa shape index (κ2) is 8.96. The van der Waals surface area contributed by atoms with Gasteiger partial charge in [-0.1, -0.05) is 29.8 Å². The number of rotatable bonds is 4. The predicted molar refractivity (Wildman–Crippen MR) is 122 cm³/mol. The molecule has 1 aromatic heterocycles. The fourth-order valence-corrected chi connectivity index (χ4v) is 3.91. The zero-order valence-electron chi connectivity index (χ0n) is 17.7. The average Bonchev–Trinajstić information content (AvgIpc) is 2.75. The molecule has 1 atom stereocenters. The molecule has 1 fully saturated rings. The number of piperidine rings is 1. The molecule has 2 N–H and O–H groups in total. The number of anilines is 1. The van der Waals surface area contributed by atoms with Gasteiger partial charge >= 0.3 is 6.09 Å². The van der Waals surface area contributed by atoms with Crippen LogP contribution in [0.25, 0.3) is 10.9 Å². The van der Waals surface area contributed by atoms with E-state index >= 15 is 0 Å². The van der Waals surface area contributed by atoms with Gasteiger partial charge in [0, 0.05) is 28.2 Å². The van der Waals surface area contributed by atoms with Crippen LogP contribution in [0.15, 0.2) is 42.5 Å². The maximum Gasteiger partial charge on any atom is 0.411 e. The molecule has 0 spiro atoms. The van der Waals surface area contributed by atoms with Gasteiger partial charge in [0.25, 0.3) is 0 Å². The van der Waals surface area contributed by atoms with Crippen LogP contribution in [-0.4, -0.2) is 22.9 Å². The molecule has 3 aromatic rings. The van der Waals surface area contributed by atoms with Gasteiger partial charge < -0.3 is 4.74 Å². The molecule has 8 heteroatoms. The van der Waals surface area contributed by atoms with E-state index in [1.54, 1.807) is 12.1 Å². The number of imide groups is 1. The van der Waals surface area contributed by atoms with Crippen LogP contribution in [0.4, 0.5) is 10.5 Å². The first kappa shape index (κ1) is 21.8. The Morgan fingerprint density at radius 2 is 2.00 bits per heavy atom. The number of ether oxygens (including phenoxy) is 1. The van der Waals surface area contributed by atoms with Gasteiger partial charge in [0.2, 0.25) is 11.8 Å². The Bertz CT molecular complexity index is 1240. The fraction of sp³-hybridized carbons (Fsp3) is 0.250. The van der Waals surface area contributed by atoms with Gasteiger partial charge in [-0.25, -0.2) is 4.79 Å². The van der Waals surface area contributed by atoms with E-state index in [-0.39, 0.29) is 24.3 Å². The summed E-state index contributed by atoms with van der Waals surface area (Å²) in [7, 11) is 0. The number of carbonyl (C=O) groups is 3. The number of amides is 3. The number of aryl methyl sites for hydroxylation is 2. The van der Waals surface area contributed by atoms with Crippen molar-refractivity contribution in [3.8, 4) is 0 Å². The Morgan fingerprint density at radius 3 is 2.75 bits per heavy atom. The van der Waals surface area contributed by atoms with Crippen LogP contribution in [0.1, 0.15) is 41.1 Å². The lowest BCUT2D eigenvalue weighted by atomic mass is 9.89. The lowest BCUT2D eigenvalue weighted by Crippen LogP contribution is -2.39. The molecule has 0 radical (unpaired) electrons. The minimum atomic E-state index is -0.581. The molecule has 1 aliphatic rings. The van der Waals surface area contributed by atoms with E-state index in [0.29, 0.717) is 23.6 Å². The Balaban J connectivity index is 1.45. The standard InChI is InChI=1S/C24H22ClN3O4/c1-13-3-6-17(11-20(13)25)27-24(31)32-12-15-4-5-16-10-19(14(2)26-21(16)9-15)18-7-8-22(29)28-23(18)30/h3-6,9-11,18H,7-8,12H2,1-2H3,(H,27,31)(H,28,29,30). The average molecular weight is 452 g/mol. The molecule has 32 heavy (non-hydrogen) atoms. The van der Waals surface area contributed by atoms with Crippen molar-refractivity contribution >= 4 is 46.1 Å². The highest BCUT2D eigenvalue weighted by Gasteiger charge is 2.29. The van der Waals surface area contributed by atoms with Crippen molar-refractivity contribution < 1.29 is 19.1 Å². The first-order valence-electron chi connectivity index (χ1n) is 10.2. The number of halogens is 1. The minimum absolute atomic E-state index is 0.0803. The quantitative estimate of drug-likeness (QED) is 0.556. The molecule has 0 saturated carbocycles. The Hall–Kier alpha value is -3.45. The first-order valence-corrected chi connectivity index (χ1v) is 10.6. The molecule has 0 bridgehead atoms. The first-order chi connectivity index (χ1) is 15.3. The summed E-state index contributed by atoms with van der Waals surface area (Å²) in [6.07, 6.45) is 0.217. The van der Waals surface area contributed by atoms with Crippen molar-refractivity contribution in [2.75, 3.05) is 5.32 Å². The highest BCUT2D eigenvalue weighted by Crippen LogP contribution is 2.29. The normalized spacial score (nSPS) is 16.0. The van der Waals surface area contributed by atoms with Crippen LogP contribution in [0, 0.1) is 13.8 Å². The van der Waals surface area contributed by atoms with E-state index < -0.39 is 6.09 Å². The summed E-state index contributed by atoms with van der Waals surface area (Å²) in [6, 6.07) is 12.8. The fourth-order valence-electron chi connectivity index (χ4n) is 3.73. The van der Waals surface area contributed by atoms with E-state index in [1.807, 2.05) is 44.2 Å². The summed E-state index contributed by atoms with van der Waals surface area (Å²) in [6.45, 7) is 3.81. The summed E-state index contributed by atoms with van der Waals surface area (Å²) in [5.74, 6) is -0.903. The molecule has 3 amide bonds. The number of carbonyl (C=O) groups excluding carboxylic acids is 3. The number of fused-ring (bicyclic) bond motifs is 1. The molecular weight excluding hydrogens is 430 g/mol. The smallest absolute Gasteiger partial charge is 0.411 e. The van der Waals surface area contributed by atoms with Gasteiger partial charge in [-0.3, -0.25) is 25.2 Å². The van der Waals surface area contributed by atoms with Gasteiger partial charge in [-0.05, 0) is 61.2 Å². The summed E-state index contributed by atoms with van der Waals surface area (Å²) in [5.41, 5.74) is 4.56. The zero-order chi connectivity index (χ0) is 22.8. The number of hydrogen-bond donors (Lipinski definition) is 2.